The molecule has 0 bridgehead atoms. The van der Waals surface area contributed by atoms with Gasteiger partial charge in [-0.1, -0.05) is 5.16 Å². The Morgan fingerprint density at radius 3 is 2.67 bits per heavy atom. The predicted molar refractivity (Wildman–Crippen MR) is 95.2 cm³/mol. The Labute approximate surface area is 155 Å². The quantitative estimate of drug-likeness (QED) is 0.745. The van der Waals surface area contributed by atoms with E-state index in [9.17, 15) is 9.18 Å². The molecule has 3 aromatic rings. The summed E-state index contributed by atoms with van der Waals surface area (Å²) in [4.78, 5) is 17.2. The van der Waals surface area contributed by atoms with E-state index in [2.05, 4.69) is 20.6 Å². The number of hydrogen-bond acceptors (Lipinski definition) is 5. The van der Waals surface area contributed by atoms with Gasteiger partial charge in [-0.2, -0.15) is 10.1 Å². The molecule has 0 aliphatic heterocycles. The van der Waals surface area contributed by atoms with Crippen molar-refractivity contribution in [1.82, 2.24) is 25.2 Å². The highest BCUT2D eigenvalue weighted by Gasteiger charge is 2.30. The van der Waals surface area contributed by atoms with Crippen LogP contribution in [-0.2, 0) is 0 Å². The summed E-state index contributed by atoms with van der Waals surface area (Å²) in [6, 6.07) is 5.56. The predicted octanol–water partition coefficient (Wildman–Crippen LogP) is 3.38. The first-order valence-electron chi connectivity index (χ1n) is 8.90. The summed E-state index contributed by atoms with van der Waals surface area (Å²) in [7, 11) is 0. The Kier molecular flexibility index (Phi) is 4.25. The number of aromatic nitrogens is 4. The van der Waals surface area contributed by atoms with Gasteiger partial charge >= 0.3 is 0 Å². The largest absolute Gasteiger partial charge is 0.340 e. The lowest BCUT2D eigenvalue weighted by Crippen LogP contribution is -2.27. The van der Waals surface area contributed by atoms with Crippen molar-refractivity contribution in [2.24, 2.45) is 0 Å². The molecule has 0 unspecified atom stereocenters. The van der Waals surface area contributed by atoms with Gasteiger partial charge in [0.2, 0.25) is 5.89 Å². The number of hydrogen-bond donors (Lipinski definition) is 1. The van der Waals surface area contributed by atoms with Crippen LogP contribution in [0.15, 0.2) is 28.8 Å². The summed E-state index contributed by atoms with van der Waals surface area (Å²) in [5.74, 6) is 0.909. The SMILES string of the molecule is Cc1nn(-c2ccc(F)cc2)c(C)c1C(=O)N[C@@H](C)c1nc(C2CC2)no1. The first-order chi connectivity index (χ1) is 12.9. The van der Waals surface area contributed by atoms with Crippen LogP contribution in [-0.4, -0.2) is 25.8 Å². The van der Waals surface area contributed by atoms with E-state index in [1.807, 2.05) is 0 Å². The topological polar surface area (TPSA) is 85.8 Å². The first-order valence-corrected chi connectivity index (χ1v) is 8.90. The maximum absolute atomic E-state index is 13.2. The molecule has 4 rings (SSSR count). The fraction of sp³-hybridized carbons (Fsp3) is 0.368. The van der Waals surface area contributed by atoms with Gasteiger partial charge in [0.15, 0.2) is 5.82 Å². The van der Waals surface area contributed by atoms with Gasteiger partial charge in [0.05, 0.1) is 22.6 Å². The van der Waals surface area contributed by atoms with E-state index in [1.54, 1.807) is 37.6 Å². The standard InChI is InChI=1S/C19H20FN5O2/c1-10-16(12(3)25(23-10)15-8-6-14(20)7-9-15)18(26)21-11(2)19-22-17(24-27-19)13-4-5-13/h6-9,11,13H,4-5H2,1-3H3,(H,21,26)/t11-/m0/s1. The lowest BCUT2D eigenvalue weighted by Gasteiger charge is -2.10. The zero-order valence-electron chi connectivity index (χ0n) is 15.4. The third-order valence-corrected chi connectivity index (χ3v) is 4.71. The number of carbonyl (C=O) groups is 1. The smallest absolute Gasteiger partial charge is 0.255 e. The first kappa shape index (κ1) is 17.4. The number of amides is 1. The third-order valence-electron chi connectivity index (χ3n) is 4.71. The Balaban J connectivity index is 1.55. The van der Waals surface area contributed by atoms with Crippen molar-refractivity contribution in [2.75, 3.05) is 0 Å². The van der Waals surface area contributed by atoms with Crippen LogP contribution in [0.2, 0.25) is 0 Å². The monoisotopic (exact) mass is 369 g/mol. The van der Waals surface area contributed by atoms with E-state index in [4.69, 9.17) is 4.52 Å². The highest BCUT2D eigenvalue weighted by Crippen LogP contribution is 2.38. The van der Waals surface area contributed by atoms with Crippen molar-refractivity contribution >= 4 is 5.91 Å². The van der Waals surface area contributed by atoms with Crippen LogP contribution in [0.25, 0.3) is 5.69 Å². The van der Waals surface area contributed by atoms with Crippen LogP contribution in [0.1, 0.15) is 65.2 Å². The lowest BCUT2D eigenvalue weighted by atomic mass is 10.1. The van der Waals surface area contributed by atoms with Gasteiger partial charge in [-0.3, -0.25) is 4.79 Å². The molecule has 2 heterocycles. The Bertz CT molecular complexity index is 988. The molecule has 1 aliphatic carbocycles. The molecule has 1 aromatic carbocycles. The van der Waals surface area contributed by atoms with Crippen molar-refractivity contribution in [2.45, 2.75) is 45.6 Å². The minimum Gasteiger partial charge on any atom is -0.340 e. The number of aryl methyl sites for hydroxylation is 1. The number of nitrogens with one attached hydrogen (secondary N) is 1. The summed E-state index contributed by atoms with van der Waals surface area (Å²) >= 11 is 0. The fourth-order valence-corrected chi connectivity index (χ4v) is 3.07. The van der Waals surface area contributed by atoms with Crippen LogP contribution in [0.3, 0.4) is 0 Å². The van der Waals surface area contributed by atoms with Crippen molar-refractivity contribution in [1.29, 1.82) is 0 Å². The molecule has 1 amide bonds. The van der Waals surface area contributed by atoms with Gasteiger partial charge in [0.1, 0.15) is 11.9 Å². The highest BCUT2D eigenvalue weighted by atomic mass is 19.1. The van der Waals surface area contributed by atoms with Gasteiger partial charge in [-0.05, 0) is 57.9 Å². The van der Waals surface area contributed by atoms with E-state index in [1.165, 1.54) is 12.1 Å². The Morgan fingerprint density at radius 1 is 1.30 bits per heavy atom. The van der Waals surface area contributed by atoms with Crippen LogP contribution in [0.4, 0.5) is 4.39 Å². The molecule has 0 spiro atoms. The summed E-state index contributed by atoms with van der Waals surface area (Å²) < 4.78 is 20.1. The van der Waals surface area contributed by atoms with E-state index < -0.39 is 6.04 Å². The number of carbonyl (C=O) groups excluding carboxylic acids is 1. The molecule has 1 aliphatic rings. The van der Waals surface area contributed by atoms with Crippen LogP contribution < -0.4 is 5.32 Å². The molecule has 1 fully saturated rings. The molecule has 7 nitrogen and oxygen atoms in total. The van der Waals surface area contributed by atoms with Crippen molar-refractivity contribution in [3.63, 3.8) is 0 Å². The molecule has 0 saturated heterocycles. The Morgan fingerprint density at radius 2 is 2.00 bits per heavy atom. The van der Waals surface area contributed by atoms with Gasteiger partial charge in [-0.25, -0.2) is 9.07 Å². The number of benzene rings is 1. The average molecular weight is 369 g/mol. The van der Waals surface area contributed by atoms with E-state index >= 15 is 0 Å². The third kappa shape index (κ3) is 3.34. The average Bonchev–Trinajstić information content (AvgIpc) is 3.28. The van der Waals surface area contributed by atoms with E-state index in [-0.39, 0.29) is 11.7 Å². The minimum absolute atomic E-state index is 0.267. The molecular weight excluding hydrogens is 349 g/mol. The van der Waals surface area contributed by atoms with E-state index in [0.29, 0.717) is 40.3 Å². The van der Waals surface area contributed by atoms with Gasteiger partial charge < -0.3 is 9.84 Å². The normalized spacial score (nSPS) is 15.0. The zero-order valence-corrected chi connectivity index (χ0v) is 15.4. The molecule has 140 valence electrons. The van der Waals surface area contributed by atoms with Crippen molar-refractivity contribution in [3.05, 3.63) is 58.7 Å². The molecule has 1 atom stereocenters. The van der Waals surface area contributed by atoms with Crippen molar-refractivity contribution in [3.8, 4) is 5.69 Å². The van der Waals surface area contributed by atoms with Crippen LogP contribution in [0, 0.1) is 19.7 Å². The molecule has 1 saturated carbocycles. The second kappa shape index (κ2) is 6.61. The fourth-order valence-electron chi connectivity index (χ4n) is 3.07. The van der Waals surface area contributed by atoms with Gasteiger partial charge in [0, 0.05) is 5.92 Å². The summed E-state index contributed by atoms with van der Waals surface area (Å²) in [6.45, 7) is 5.38. The number of rotatable bonds is 5. The molecular formula is C19H20FN5O2. The summed E-state index contributed by atoms with van der Waals surface area (Å²) in [5, 5.41) is 11.3. The highest BCUT2D eigenvalue weighted by molar-refractivity contribution is 5.96. The maximum Gasteiger partial charge on any atom is 0.255 e. The van der Waals surface area contributed by atoms with Crippen LogP contribution >= 0.6 is 0 Å². The molecule has 8 heteroatoms. The molecule has 2 aromatic heterocycles. The van der Waals surface area contributed by atoms with Gasteiger partial charge in [-0.15, -0.1) is 0 Å². The van der Waals surface area contributed by atoms with Gasteiger partial charge in [0.25, 0.3) is 5.91 Å². The second-order valence-electron chi connectivity index (χ2n) is 6.89. The molecule has 0 radical (unpaired) electrons. The lowest BCUT2D eigenvalue weighted by molar-refractivity contribution is 0.0931. The van der Waals surface area contributed by atoms with Crippen molar-refractivity contribution < 1.29 is 13.7 Å². The number of halogens is 1. The second-order valence-corrected chi connectivity index (χ2v) is 6.89. The Hall–Kier alpha value is -3.03. The summed E-state index contributed by atoms with van der Waals surface area (Å²) in [5.41, 5.74) is 2.43. The minimum atomic E-state index is -0.412. The van der Waals surface area contributed by atoms with Crippen LogP contribution in [0.5, 0.6) is 0 Å². The zero-order chi connectivity index (χ0) is 19.1. The molecule has 27 heavy (non-hydrogen) atoms. The number of nitrogens with zero attached hydrogens (tertiary/aromatic N) is 4. The maximum atomic E-state index is 13.2. The van der Waals surface area contributed by atoms with E-state index in [0.717, 1.165) is 12.8 Å². The molecule has 1 N–H and O–H groups in total. The summed E-state index contributed by atoms with van der Waals surface area (Å²) in [6.07, 6.45) is 2.17.